The molecule has 0 saturated heterocycles. The number of furan rings is 1. The van der Waals surface area contributed by atoms with E-state index in [0.717, 1.165) is 6.54 Å². The van der Waals surface area contributed by atoms with E-state index in [1.165, 1.54) is 6.07 Å². The van der Waals surface area contributed by atoms with Gasteiger partial charge in [-0.3, -0.25) is 0 Å². The molecule has 1 aromatic heterocycles. The molecule has 0 atom stereocenters. The summed E-state index contributed by atoms with van der Waals surface area (Å²) in [5.74, 6) is 0.619. The normalized spacial score (nSPS) is 12.9. The van der Waals surface area contributed by atoms with Gasteiger partial charge in [-0.05, 0) is 24.1 Å². The first-order valence-corrected chi connectivity index (χ1v) is 7.52. The Morgan fingerprint density at radius 2 is 1.94 bits per heavy atom. The summed E-state index contributed by atoms with van der Waals surface area (Å²) in [4.78, 5) is 0. The molecule has 2 N–H and O–H groups in total. The third-order valence-corrected chi connectivity index (χ3v) is 3.52. The van der Waals surface area contributed by atoms with E-state index in [1.807, 2.05) is 27.7 Å². The quantitative estimate of drug-likeness (QED) is 0.828. The Morgan fingerprint density at radius 3 is 2.50 bits per heavy atom. The molecule has 0 radical (unpaired) electrons. The van der Waals surface area contributed by atoms with Crippen molar-refractivity contribution in [3.05, 3.63) is 17.9 Å². The van der Waals surface area contributed by atoms with Crippen molar-refractivity contribution >= 4 is 10.0 Å². The molecule has 0 bridgehead atoms. The first kappa shape index (κ1) is 15.2. The van der Waals surface area contributed by atoms with Crippen LogP contribution in [0.2, 0.25) is 0 Å². The van der Waals surface area contributed by atoms with Crippen LogP contribution in [-0.2, 0) is 16.6 Å². The fourth-order valence-corrected chi connectivity index (χ4v) is 2.46. The van der Waals surface area contributed by atoms with E-state index in [9.17, 15) is 8.42 Å². The Bertz CT molecular complexity index is 472. The predicted octanol–water partition coefficient (Wildman–Crippen LogP) is 1.71. The van der Waals surface area contributed by atoms with Gasteiger partial charge in [0.25, 0.3) is 10.0 Å². The Morgan fingerprint density at radius 1 is 1.28 bits per heavy atom. The van der Waals surface area contributed by atoms with Crippen molar-refractivity contribution in [2.24, 2.45) is 5.41 Å². The van der Waals surface area contributed by atoms with Gasteiger partial charge in [0.15, 0.2) is 0 Å². The van der Waals surface area contributed by atoms with Crippen LogP contribution in [0.25, 0.3) is 0 Å². The average molecular weight is 274 g/mol. The van der Waals surface area contributed by atoms with Crippen molar-refractivity contribution < 1.29 is 12.8 Å². The lowest BCUT2D eigenvalue weighted by atomic mass is 9.98. The van der Waals surface area contributed by atoms with Gasteiger partial charge >= 0.3 is 0 Å². The average Bonchev–Trinajstić information content (AvgIpc) is 2.72. The van der Waals surface area contributed by atoms with Crippen LogP contribution in [0, 0.1) is 5.41 Å². The second-order valence-electron chi connectivity index (χ2n) is 5.39. The summed E-state index contributed by atoms with van der Waals surface area (Å²) in [5, 5.41) is 3.05. The fraction of sp³-hybridized carbons (Fsp3) is 0.667. The maximum atomic E-state index is 11.9. The van der Waals surface area contributed by atoms with E-state index in [2.05, 4.69) is 10.0 Å². The molecule has 1 aromatic rings. The van der Waals surface area contributed by atoms with Gasteiger partial charge in [0.05, 0.1) is 6.54 Å². The summed E-state index contributed by atoms with van der Waals surface area (Å²) in [5.41, 5.74) is -0.105. The maximum absolute atomic E-state index is 11.9. The third-order valence-electron chi connectivity index (χ3n) is 2.24. The molecule has 0 aliphatic heterocycles. The Kier molecular flexibility index (Phi) is 4.95. The molecular formula is C12H22N2O3S. The SMILES string of the molecule is CCNCc1ccc(S(=O)(=O)NCC(C)(C)C)o1. The molecular weight excluding hydrogens is 252 g/mol. The lowest BCUT2D eigenvalue weighted by molar-refractivity contribution is 0.385. The van der Waals surface area contributed by atoms with Crippen molar-refractivity contribution in [3.63, 3.8) is 0 Å². The number of sulfonamides is 1. The summed E-state index contributed by atoms with van der Waals surface area (Å²) in [6.45, 7) is 9.59. The molecule has 1 rings (SSSR count). The summed E-state index contributed by atoms with van der Waals surface area (Å²) < 4.78 is 31.7. The van der Waals surface area contributed by atoms with Crippen LogP contribution in [0.1, 0.15) is 33.5 Å². The van der Waals surface area contributed by atoms with E-state index < -0.39 is 10.0 Å². The molecule has 0 amide bonds. The molecule has 0 spiro atoms. The first-order valence-electron chi connectivity index (χ1n) is 6.04. The minimum Gasteiger partial charge on any atom is -0.447 e. The minimum atomic E-state index is -3.54. The molecule has 0 saturated carbocycles. The molecule has 0 unspecified atom stereocenters. The van der Waals surface area contributed by atoms with Crippen LogP contribution < -0.4 is 10.0 Å². The van der Waals surface area contributed by atoms with Crippen LogP contribution >= 0.6 is 0 Å². The molecule has 18 heavy (non-hydrogen) atoms. The number of hydrogen-bond donors (Lipinski definition) is 2. The van der Waals surface area contributed by atoms with Gasteiger partial charge in [-0.15, -0.1) is 0 Å². The van der Waals surface area contributed by atoms with Crippen LogP contribution in [0.3, 0.4) is 0 Å². The summed E-state index contributed by atoms with van der Waals surface area (Å²) in [6.07, 6.45) is 0. The number of rotatable bonds is 6. The van der Waals surface area contributed by atoms with Crippen LogP contribution in [0.4, 0.5) is 0 Å². The highest BCUT2D eigenvalue weighted by atomic mass is 32.2. The van der Waals surface area contributed by atoms with Gasteiger partial charge in [-0.1, -0.05) is 27.7 Å². The smallest absolute Gasteiger partial charge is 0.273 e. The summed E-state index contributed by atoms with van der Waals surface area (Å²) >= 11 is 0. The van der Waals surface area contributed by atoms with Crippen molar-refractivity contribution in [1.82, 2.24) is 10.0 Å². The van der Waals surface area contributed by atoms with E-state index >= 15 is 0 Å². The highest BCUT2D eigenvalue weighted by Crippen LogP contribution is 2.16. The molecule has 0 aliphatic rings. The Balaban J connectivity index is 2.70. The number of nitrogens with one attached hydrogen (secondary N) is 2. The van der Waals surface area contributed by atoms with Gasteiger partial charge in [0.1, 0.15) is 5.76 Å². The van der Waals surface area contributed by atoms with Crippen molar-refractivity contribution in [2.45, 2.75) is 39.3 Å². The third kappa shape index (κ3) is 4.80. The molecule has 0 fully saturated rings. The van der Waals surface area contributed by atoms with Gasteiger partial charge in [-0.2, -0.15) is 0 Å². The Labute approximate surface area is 109 Å². The molecule has 0 aromatic carbocycles. The van der Waals surface area contributed by atoms with E-state index in [-0.39, 0.29) is 10.5 Å². The standard InChI is InChI=1S/C12H22N2O3S/c1-5-13-8-10-6-7-11(17-10)18(15,16)14-9-12(2,3)4/h6-7,13-14H,5,8-9H2,1-4H3. The van der Waals surface area contributed by atoms with Crippen LogP contribution in [0.15, 0.2) is 21.6 Å². The lowest BCUT2D eigenvalue weighted by Gasteiger charge is -2.17. The molecule has 0 aliphatic carbocycles. The molecule has 104 valence electrons. The van der Waals surface area contributed by atoms with Gasteiger partial charge in [-0.25, -0.2) is 13.1 Å². The van der Waals surface area contributed by atoms with Gasteiger partial charge < -0.3 is 9.73 Å². The first-order chi connectivity index (χ1) is 8.24. The predicted molar refractivity (Wildman–Crippen MR) is 70.7 cm³/mol. The zero-order chi connectivity index (χ0) is 13.8. The molecule has 1 heterocycles. The maximum Gasteiger partial charge on any atom is 0.273 e. The second-order valence-corrected chi connectivity index (χ2v) is 7.08. The second kappa shape index (κ2) is 5.86. The van der Waals surface area contributed by atoms with Crippen LogP contribution in [-0.4, -0.2) is 21.5 Å². The monoisotopic (exact) mass is 274 g/mol. The molecule has 5 nitrogen and oxygen atoms in total. The van der Waals surface area contributed by atoms with E-state index in [1.54, 1.807) is 6.07 Å². The highest BCUT2D eigenvalue weighted by Gasteiger charge is 2.21. The van der Waals surface area contributed by atoms with Gasteiger partial charge in [0.2, 0.25) is 5.09 Å². The minimum absolute atomic E-state index is 0.0281. The van der Waals surface area contributed by atoms with Crippen molar-refractivity contribution in [1.29, 1.82) is 0 Å². The summed E-state index contributed by atoms with van der Waals surface area (Å²) in [6, 6.07) is 3.16. The Hall–Kier alpha value is -0.850. The zero-order valence-electron chi connectivity index (χ0n) is 11.4. The van der Waals surface area contributed by atoms with Gasteiger partial charge in [0, 0.05) is 6.54 Å². The molecule has 6 heteroatoms. The van der Waals surface area contributed by atoms with E-state index in [4.69, 9.17) is 4.42 Å². The van der Waals surface area contributed by atoms with Crippen molar-refractivity contribution in [3.8, 4) is 0 Å². The van der Waals surface area contributed by atoms with E-state index in [0.29, 0.717) is 18.8 Å². The zero-order valence-corrected chi connectivity index (χ0v) is 12.2. The largest absolute Gasteiger partial charge is 0.447 e. The highest BCUT2D eigenvalue weighted by molar-refractivity contribution is 7.89. The van der Waals surface area contributed by atoms with Crippen molar-refractivity contribution in [2.75, 3.05) is 13.1 Å². The topological polar surface area (TPSA) is 71.3 Å². The lowest BCUT2D eigenvalue weighted by Crippen LogP contribution is -2.32. The summed E-state index contributed by atoms with van der Waals surface area (Å²) in [7, 11) is -3.54. The fourth-order valence-electron chi connectivity index (χ4n) is 1.23. The number of hydrogen-bond acceptors (Lipinski definition) is 4. The van der Waals surface area contributed by atoms with Crippen LogP contribution in [0.5, 0.6) is 0 Å².